The van der Waals surface area contributed by atoms with Crippen molar-refractivity contribution in [1.82, 2.24) is 9.55 Å². The fourth-order valence-electron chi connectivity index (χ4n) is 2.13. The SMILES string of the molecule is CCCSSCCCOC1N=C(N)Nc2c1ncn2COC(CO)CO. The van der Waals surface area contributed by atoms with Crippen LogP contribution in [0.15, 0.2) is 11.3 Å². The topological polar surface area (TPSA) is 127 Å². The van der Waals surface area contributed by atoms with Crippen LogP contribution in [0, 0.1) is 0 Å². The molecule has 26 heavy (non-hydrogen) atoms. The van der Waals surface area contributed by atoms with E-state index >= 15 is 0 Å². The van der Waals surface area contributed by atoms with Crippen LogP contribution in [0.4, 0.5) is 5.82 Å². The zero-order valence-electron chi connectivity index (χ0n) is 14.8. The van der Waals surface area contributed by atoms with Gasteiger partial charge >= 0.3 is 0 Å². The predicted octanol–water partition coefficient (Wildman–Crippen LogP) is 1.15. The van der Waals surface area contributed by atoms with Crippen LogP contribution < -0.4 is 11.1 Å². The maximum absolute atomic E-state index is 9.08. The van der Waals surface area contributed by atoms with E-state index in [1.54, 1.807) is 10.9 Å². The van der Waals surface area contributed by atoms with Gasteiger partial charge in [0, 0.05) is 11.5 Å². The molecule has 0 radical (unpaired) electrons. The first-order valence-corrected chi connectivity index (χ1v) is 11.0. The molecular weight excluding hydrogens is 378 g/mol. The number of nitrogens with zero attached hydrogens (tertiary/aromatic N) is 3. The zero-order valence-corrected chi connectivity index (χ0v) is 16.5. The number of imidazole rings is 1. The number of hydrogen-bond acceptors (Lipinski definition) is 10. The van der Waals surface area contributed by atoms with Gasteiger partial charge in [-0.2, -0.15) is 0 Å². The van der Waals surface area contributed by atoms with Gasteiger partial charge in [0.15, 0.2) is 12.2 Å². The molecule has 2 rings (SSSR count). The molecule has 5 N–H and O–H groups in total. The van der Waals surface area contributed by atoms with Crippen molar-refractivity contribution in [2.45, 2.75) is 38.8 Å². The van der Waals surface area contributed by atoms with Gasteiger partial charge in [0.05, 0.1) is 26.1 Å². The van der Waals surface area contributed by atoms with Gasteiger partial charge in [-0.1, -0.05) is 28.5 Å². The predicted molar refractivity (Wildman–Crippen MR) is 105 cm³/mol. The average molecular weight is 406 g/mol. The molecule has 1 unspecified atom stereocenters. The second-order valence-corrected chi connectivity index (χ2v) is 8.29. The molecule has 0 saturated carbocycles. The van der Waals surface area contributed by atoms with Gasteiger partial charge in [0.2, 0.25) is 0 Å². The van der Waals surface area contributed by atoms with Crippen molar-refractivity contribution in [3.63, 3.8) is 0 Å². The molecule has 0 bridgehead atoms. The molecule has 1 aromatic heterocycles. The van der Waals surface area contributed by atoms with Gasteiger partial charge in [0.25, 0.3) is 0 Å². The Morgan fingerprint density at radius 2 is 2.12 bits per heavy atom. The van der Waals surface area contributed by atoms with Gasteiger partial charge < -0.3 is 30.7 Å². The van der Waals surface area contributed by atoms with Crippen LogP contribution in [0.3, 0.4) is 0 Å². The van der Waals surface area contributed by atoms with Crippen LogP contribution in [0.2, 0.25) is 0 Å². The molecule has 1 atom stereocenters. The van der Waals surface area contributed by atoms with E-state index < -0.39 is 12.3 Å². The first-order valence-electron chi connectivity index (χ1n) is 8.54. The molecule has 0 aromatic carbocycles. The summed E-state index contributed by atoms with van der Waals surface area (Å²) in [5.41, 5.74) is 6.49. The number of guanidine groups is 1. The second-order valence-electron chi connectivity index (χ2n) is 5.59. The Balaban J connectivity index is 1.86. The highest BCUT2D eigenvalue weighted by Crippen LogP contribution is 2.30. The summed E-state index contributed by atoms with van der Waals surface area (Å²) in [4.78, 5) is 8.60. The molecular formula is C15H27N5O4S2. The minimum absolute atomic E-state index is 0.117. The third kappa shape index (κ3) is 6.32. The Hall–Kier alpha value is -0.980. The van der Waals surface area contributed by atoms with Crippen molar-refractivity contribution < 1.29 is 19.7 Å². The first kappa shape index (κ1) is 21.3. The molecule has 9 nitrogen and oxygen atoms in total. The van der Waals surface area contributed by atoms with Crippen molar-refractivity contribution in [3.8, 4) is 0 Å². The third-order valence-corrected chi connectivity index (χ3v) is 6.17. The van der Waals surface area contributed by atoms with E-state index in [9.17, 15) is 0 Å². The standard InChI is InChI=1S/C15H27N5O4S2/c1-2-5-25-26-6-3-4-23-14-12-13(18-15(16)19-14)20(9-17-12)10-24-11(7-21)8-22/h9,11,14,21-22H,2-8,10H2,1H3,(H3,16,18,19). The maximum Gasteiger partial charge on any atom is 0.198 e. The zero-order chi connectivity index (χ0) is 18.8. The number of anilines is 1. The fraction of sp³-hybridized carbons (Fsp3) is 0.733. The lowest BCUT2D eigenvalue weighted by molar-refractivity contribution is -0.0493. The number of aliphatic hydroxyl groups excluding tert-OH is 2. The summed E-state index contributed by atoms with van der Waals surface area (Å²) in [5.74, 6) is 3.08. The average Bonchev–Trinajstić information content (AvgIpc) is 3.04. The Labute approximate surface area is 161 Å². The maximum atomic E-state index is 9.08. The molecule has 11 heteroatoms. The number of aliphatic imine (C=N–C) groups is 1. The molecule has 0 spiro atoms. The highest BCUT2D eigenvalue weighted by molar-refractivity contribution is 8.76. The van der Waals surface area contributed by atoms with E-state index in [1.807, 2.05) is 21.6 Å². The number of nitrogens with two attached hydrogens (primary N) is 1. The highest BCUT2D eigenvalue weighted by Gasteiger charge is 2.26. The van der Waals surface area contributed by atoms with Crippen LogP contribution in [-0.2, 0) is 16.2 Å². The molecule has 148 valence electrons. The Bertz CT molecular complexity index is 568. The van der Waals surface area contributed by atoms with Crippen LogP contribution >= 0.6 is 21.6 Å². The molecule has 0 fully saturated rings. The molecule has 0 amide bonds. The van der Waals surface area contributed by atoms with E-state index in [0.29, 0.717) is 18.1 Å². The van der Waals surface area contributed by atoms with Gasteiger partial charge in [-0.25, -0.2) is 9.98 Å². The van der Waals surface area contributed by atoms with Crippen molar-refractivity contribution in [3.05, 3.63) is 12.0 Å². The number of aliphatic hydroxyl groups is 2. The normalized spacial score (nSPS) is 16.5. The van der Waals surface area contributed by atoms with Gasteiger partial charge in [-0.15, -0.1) is 0 Å². The third-order valence-electron chi connectivity index (χ3n) is 3.48. The number of fused-ring (bicyclic) bond motifs is 1. The minimum atomic E-state index is -0.641. The molecule has 2 heterocycles. The minimum Gasteiger partial charge on any atom is -0.394 e. The lowest BCUT2D eigenvalue weighted by atomic mass is 10.3. The summed E-state index contributed by atoms with van der Waals surface area (Å²) >= 11 is 0. The Kier molecular flexibility index (Phi) is 9.57. The summed E-state index contributed by atoms with van der Waals surface area (Å²) in [6.45, 7) is 2.34. The van der Waals surface area contributed by atoms with E-state index in [0.717, 1.165) is 17.9 Å². The van der Waals surface area contributed by atoms with Gasteiger partial charge in [-0.3, -0.25) is 4.57 Å². The van der Waals surface area contributed by atoms with Gasteiger partial charge in [0.1, 0.15) is 24.3 Å². The van der Waals surface area contributed by atoms with E-state index in [1.165, 1.54) is 6.42 Å². The number of rotatable bonds is 13. The number of ether oxygens (including phenoxy) is 2. The molecule has 1 aliphatic rings. The van der Waals surface area contributed by atoms with E-state index in [4.69, 9.17) is 25.4 Å². The smallest absolute Gasteiger partial charge is 0.198 e. The largest absolute Gasteiger partial charge is 0.394 e. The summed E-state index contributed by atoms with van der Waals surface area (Å²) in [7, 11) is 3.74. The monoisotopic (exact) mass is 405 g/mol. The highest BCUT2D eigenvalue weighted by atomic mass is 33.1. The summed E-state index contributed by atoms with van der Waals surface area (Å²) in [6.07, 6.45) is 2.51. The van der Waals surface area contributed by atoms with Crippen molar-refractivity contribution in [2.75, 3.05) is 36.6 Å². The first-order chi connectivity index (χ1) is 12.7. The number of aromatic nitrogens is 2. The number of hydrogen-bond donors (Lipinski definition) is 4. The number of nitrogens with one attached hydrogen (secondary N) is 1. The molecule has 0 aliphatic carbocycles. The van der Waals surface area contributed by atoms with Crippen LogP contribution in [0.1, 0.15) is 31.7 Å². The van der Waals surface area contributed by atoms with E-state index in [2.05, 4.69) is 22.2 Å². The molecule has 1 aromatic rings. The molecule has 0 saturated heterocycles. The second kappa shape index (κ2) is 11.7. The van der Waals surface area contributed by atoms with Crippen LogP contribution in [0.5, 0.6) is 0 Å². The van der Waals surface area contributed by atoms with Crippen molar-refractivity contribution in [1.29, 1.82) is 0 Å². The summed E-state index contributed by atoms with van der Waals surface area (Å²) in [6, 6.07) is 0. The van der Waals surface area contributed by atoms with Crippen molar-refractivity contribution >= 4 is 33.4 Å². The summed E-state index contributed by atoms with van der Waals surface area (Å²) < 4.78 is 13.0. The quantitative estimate of drug-likeness (QED) is 0.282. The lowest BCUT2D eigenvalue weighted by Crippen LogP contribution is -2.31. The fourth-order valence-corrected chi connectivity index (χ4v) is 4.33. The van der Waals surface area contributed by atoms with E-state index in [-0.39, 0.29) is 25.9 Å². The van der Waals surface area contributed by atoms with Crippen molar-refractivity contribution in [2.24, 2.45) is 10.7 Å². The Morgan fingerprint density at radius 1 is 1.35 bits per heavy atom. The summed E-state index contributed by atoms with van der Waals surface area (Å²) in [5, 5.41) is 21.1. The van der Waals surface area contributed by atoms with Crippen LogP contribution in [-0.4, -0.2) is 63.2 Å². The lowest BCUT2D eigenvalue weighted by Gasteiger charge is -2.22. The molecule has 1 aliphatic heterocycles. The van der Waals surface area contributed by atoms with Gasteiger partial charge in [-0.05, 0) is 12.8 Å². The Morgan fingerprint density at radius 3 is 2.85 bits per heavy atom. The van der Waals surface area contributed by atoms with Crippen LogP contribution in [0.25, 0.3) is 0 Å².